The molecule has 110 valence electrons. The number of halogens is 1. The summed E-state index contributed by atoms with van der Waals surface area (Å²) in [5.41, 5.74) is 0.261. The summed E-state index contributed by atoms with van der Waals surface area (Å²) in [7, 11) is 1.36. The molecule has 6 nitrogen and oxygen atoms in total. The van der Waals surface area contributed by atoms with Crippen molar-refractivity contribution in [3.8, 4) is 0 Å². The van der Waals surface area contributed by atoms with Crippen molar-refractivity contribution in [2.45, 2.75) is 6.04 Å². The maximum absolute atomic E-state index is 12.2. The van der Waals surface area contributed by atoms with E-state index in [4.69, 9.17) is 21.4 Å². The number of benzene rings is 1. The maximum Gasteiger partial charge on any atom is 0.328 e. The van der Waals surface area contributed by atoms with Gasteiger partial charge in [0.1, 0.15) is 5.15 Å². The van der Waals surface area contributed by atoms with E-state index in [1.54, 1.807) is 24.3 Å². The number of pyridine rings is 1. The molecule has 2 aromatic rings. The first-order valence-corrected chi connectivity index (χ1v) is 6.48. The van der Waals surface area contributed by atoms with Crippen LogP contribution in [0.4, 0.5) is 0 Å². The molecule has 0 aliphatic heterocycles. The Kier molecular flexibility index (Phi) is 4.72. The predicted molar refractivity (Wildman–Crippen MR) is 77.5 cm³/mol. The molecule has 1 aromatic heterocycles. The summed E-state index contributed by atoms with van der Waals surface area (Å²) in [6, 6.07) is 5.88. The van der Waals surface area contributed by atoms with Gasteiger partial charge in [-0.05, 0) is 5.39 Å². The standard InChI is InChI=1S/C14H13ClN2O4/c1-21-7-11(14(19)20)17-13(18)10-6-16-12(15)9-5-3-2-4-8(9)10/h2-6,11H,7H2,1H3,(H,17,18)(H,19,20). The first-order chi connectivity index (χ1) is 10.0. The van der Waals surface area contributed by atoms with Crippen molar-refractivity contribution in [2.24, 2.45) is 0 Å². The number of fused-ring (bicyclic) bond motifs is 1. The molecule has 1 atom stereocenters. The number of aromatic nitrogens is 1. The van der Waals surface area contributed by atoms with Crippen LogP contribution in [0.1, 0.15) is 10.4 Å². The zero-order valence-corrected chi connectivity index (χ0v) is 11.9. The van der Waals surface area contributed by atoms with Gasteiger partial charge < -0.3 is 15.2 Å². The van der Waals surface area contributed by atoms with Crippen molar-refractivity contribution in [2.75, 3.05) is 13.7 Å². The van der Waals surface area contributed by atoms with Gasteiger partial charge in [0.2, 0.25) is 0 Å². The number of nitrogens with zero attached hydrogens (tertiary/aromatic N) is 1. The van der Waals surface area contributed by atoms with Crippen molar-refractivity contribution < 1.29 is 19.4 Å². The van der Waals surface area contributed by atoms with E-state index >= 15 is 0 Å². The highest BCUT2D eigenvalue weighted by molar-refractivity contribution is 6.34. The first-order valence-electron chi connectivity index (χ1n) is 6.10. The highest BCUT2D eigenvalue weighted by atomic mass is 35.5. The minimum atomic E-state index is -1.17. The minimum Gasteiger partial charge on any atom is -0.480 e. The Morgan fingerprint density at radius 1 is 1.38 bits per heavy atom. The molecule has 21 heavy (non-hydrogen) atoms. The van der Waals surface area contributed by atoms with Crippen LogP contribution >= 0.6 is 11.6 Å². The minimum absolute atomic E-state index is 0.125. The summed E-state index contributed by atoms with van der Waals surface area (Å²) in [4.78, 5) is 27.2. The van der Waals surface area contributed by atoms with E-state index < -0.39 is 17.9 Å². The van der Waals surface area contributed by atoms with Crippen molar-refractivity contribution >= 4 is 34.2 Å². The number of amides is 1. The molecule has 1 heterocycles. The zero-order valence-electron chi connectivity index (χ0n) is 11.2. The highest BCUT2D eigenvalue weighted by Gasteiger charge is 2.22. The molecular weight excluding hydrogens is 296 g/mol. The number of ether oxygens (including phenoxy) is 1. The van der Waals surface area contributed by atoms with E-state index in [1.165, 1.54) is 13.3 Å². The van der Waals surface area contributed by atoms with Gasteiger partial charge in [0.15, 0.2) is 6.04 Å². The van der Waals surface area contributed by atoms with Crippen LogP contribution in [0, 0.1) is 0 Å². The van der Waals surface area contributed by atoms with Gasteiger partial charge >= 0.3 is 5.97 Å². The van der Waals surface area contributed by atoms with Gasteiger partial charge in [-0.3, -0.25) is 4.79 Å². The summed E-state index contributed by atoms with van der Waals surface area (Å²) in [6.45, 7) is -0.125. The van der Waals surface area contributed by atoms with Crippen LogP contribution in [-0.2, 0) is 9.53 Å². The van der Waals surface area contributed by atoms with E-state index in [9.17, 15) is 9.59 Å². The lowest BCUT2D eigenvalue weighted by Gasteiger charge is -2.14. The van der Waals surface area contributed by atoms with Gasteiger partial charge in [-0.2, -0.15) is 0 Å². The van der Waals surface area contributed by atoms with Crippen molar-refractivity contribution in [1.29, 1.82) is 0 Å². The van der Waals surface area contributed by atoms with Gasteiger partial charge in [0, 0.05) is 18.7 Å². The van der Waals surface area contributed by atoms with Crippen molar-refractivity contribution in [1.82, 2.24) is 10.3 Å². The Morgan fingerprint density at radius 2 is 2.05 bits per heavy atom. The summed E-state index contributed by atoms with van der Waals surface area (Å²) in [5.74, 6) is -1.71. The molecule has 7 heteroatoms. The molecule has 0 saturated carbocycles. The van der Waals surface area contributed by atoms with E-state index in [-0.39, 0.29) is 17.3 Å². The third-order valence-electron chi connectivity index (χ3n) is 2.93. The van der Waals surface area contributed by atoms with Crippen LogP contribution in [0.3, 0.4) is 0 Å². The Labute approximate surface area is 125 Å². The smallest absolute Gasteiger partial charge is 0.328 e. The van der Waals surface area contributed by atoms with E-state index in [1.807, 2.05) is 0 Å². The predicted octanol–water partition coefficient (Wildman–Crippen LogP) is 1.72. The summed E-state index contributed by atoms with van der Waals surface area (Å²) < 4.78 is 4.78. The molecule has 0 fully saturated rings. The Hall–Kier alpha value is -2.18. The maximum atomic E-state index is 12.2. The number of carbonyl (C=O) groups is 2. The SMILES string of the molecule is COCC(NC(=O)c1cnc(Cl)c2ccccc12)C(=O)O. The summed E-state index contributed by atoms with van der Waals surface area (Å²) in [5, 5.41) is 12.9. The molecule has 0 saturated heterocycles. The van der Waals surface area contributed by atoms with Crippen LogP contribution in [0.2, 0.25) is 5.15 Å². The van der Waals surface area contributed by atoms with Gasteiger partial charge in [-0.1, -0.05) is 35.9 Å². The number of hydrogen-bond acceptors (Lipinski definition) is 4. The van der Waals surface area contributed by atoms with Gasteiger partial charge in [0.25, 0.3) is 5.91 Å². The summed E-state index contributed by atoms with van der Waals surface area (Å²) in [6.07, 6.45) is 1.33. The molecule has 0 spiro atoms. The lowest BCUT2D eigenvalue weighted by Crippen LogP contribution is -2.43. The number of carboxylic acid groups (broad SMARTS) is 1. The van der Waals surface area contributed by atoms with E-state index in [2.05, 4.69) is 10.3 Å². The number of aliphatic carboxylic acids is 1. The molecule has 1 aromatic carbocycles. The van der Waals surface area contributed by atoms with Crippen LogP contribution in [0.25, 0.3) is 10.8 Å². The summed E-state index contributed by atoms with van der Waals surface area (Å²) >= 11 is 5.98. The fraction of sp³-hybridized carbons (Fsp3) is 0.214. The fourth-order valence-corrected chi connectivity index (χ4v) is 2.13. The van der Waals surface area contributed by atoms with Crippen molar-refractivity contribution in [3.05, 3.63) is 41.2 Å². The van der Waals surface area contributed by atoms with Gasteiger partial charge in [0.05, 0.1) is 12.2 Å². The largest absolute Gasteiger partial charge is 0.480 e. The van der Waals surface area contributed by atoms with Crippen LogP contribution < -0.4 is 5.32 Å². The average molecular weight is 309 g/mol. The second-order valence-electron chi connectivity index (χ2n) is 4.33. The molecule has 0 radical (unpaired) electrons. The lowest BCUT2D eigenvalue weighted by atomic mass is 10.1. The monoisotopic (exact) mass is 308 g/mol. The highest BCUT2D eigenvalue weighted by Crippen LogP contribution is 2.24. The second-order valence-corrected chi connectivity index (χ2v) is 4.69. The normalized spacial score (nSPS) is 12.1. The number of carbonyl (C=O) groups excluding carboxylic acids is 1. The van der Waals surface area contributed by atoms with Crippen LogP contribution in [-0.4, -0.2) is 41.7 Å². The Bertz CT molecular complexity index is 690. The van der Waals surface area contributed by atoms with E-state index in [0.717, 1.165) is 0 Å². The molecule has 0 aliphatic carbocycles. The number of methoxy groups -OCH3 is 1. The Balaban J connectivity index is 2.36. The van der Waals surface area contributed by atoms with Crippen LogP contribution in [0.15, 0.2) is 30.5 Å². The molecule has 0 bridgehead atoms. The number of rotatable bonds is 5. The molecule has 0 aliphatic rings. The second kappa shape index (κ2) is 6.51. The van der Waals surface area contributed by atoms with E-state index in [0.29, 0.717) is 10.8 Å². The van der Waals surface area contributed by atoms with Crippen molar-refractivity contribution in [3.63, 3.8) is 0 Å². The number of carboxylic acids is 1. The molecular formula is C14H13ClN2O4. The Morgan fingerprint density at radius 3 is 2.67 bits per heavy atom. The fourth-order valence-electron chi connectivity index (χ4n) is 1.92. The van der Waals surface area contributed by atoms with Gasteiger partial charge in [-0.15, -0.1) is 0 Å². The molecule has 2 N–H and O–H groups in total. The topological polar surface area (TPSA) is 88.5 Å². The number of hydrogen-bond donors (Lipinski definition) is 2. The quantitative estimate of drug-likeness (QED) is 0.821. The van der Waals surface area contributed by atoms with Crippen LogP contribution in [0.5, 0.6) is 0 Å². The first kappa shape index (κ1) is 15.2. The third-order valence-corrected chi connectivity index (χ3v) is 3.23. The lowest BCUT2D eigenvalue weighted by molar-refractivity contribution is -0.140. The molecule has 1 unspecified atom stereocenters. The number of nitrogens with one attached hydrogen (secondary N) is 1. The molecule has 2 rings (SSSR count). The molecule has 1 amide bonds. The van der Waals surface area contributed by atoms with Gasteiger partial charge in [-0.25, -0.2) is 9.78 Å². The third kappa shape index (κ3) is 3.29. The average Bonchev–Trinajstić information content (AvgIpc) is 2.47. The zero-order chi connectivity index (χ0) is 15.4.